The quantitative estimate of drug-likeness (QED) is 0.641. The van der Waals surface area contributed by atoms with Crippen molar-refractivity contribution in [2.24, 2.45) is 0 Å². The molecule has 2 aromatic rings. The average Bonchev–Trinajstić information content (AvgIpc) is 2.38. The topological polar surface area (TPSA) is 81.0 Å². The van der Waals surface area contributed by atoms with Gasteiger partial charge < -0.3 is 5.32 Å². The van der Waals surface area contributed by atoms with Crippen LogP contribution in [-0.4, -0.2) is 14.9 Å². The van der Waals surface area contributed by atoms with Crippen molar-refractivity contribution in [2.75, 3.05) is 5.32 Å². The van der Waals surface area contributed by atoms with E-state index in [1.54, 1.807) is 30.7 Å². The predicted molar refractivity (Wildman–Crippen MR) is 62.5 cm³/mol. The number of benzene rings is 1. The van der Waals surface area contributed by atoms with Gasteiger partial charge in [0.2, 0.25) is 0 Å². The van der Waals surface area contributed by atoms with Crippen LogP contribution in [0.4, 0.5) is 11.4 Å². The van der Waals surface area contributed by atoms with Gasteiger partial charge in [0, 0.05) is 30.2 Å². The van der Waals surface area contributed by atoms with Crippen LogP contribution in [0.1, 0.15) is 5.69 Å². The van der Waals surface area contributed by atoms with Crippen LogP contribution < -0.4 is 5.32 Å². The number of rotatable bonds is 4. The van der Waals surface area contributed by atoms with Crippen LogP contribution in [0.25, 0.3) is 0 Å². The number of anilines is 1. The van der Waals surface area contributed by atoms with Crippen LogP contribution in [0.5, 0.6) is 0 Å². The normalized spacial score (nSPS) is 9.88. The second-order valence-corrected chi connectivity index (χ2v) is 3.36. The Hall–Kier alpha value is -2.50. The molecule has 0 aliphatic rings. The number of aromatic nitrogens is 2. The summed E-state index contributed by atoms with van der Waals surface area (Å²) >= 11 is 0. The molecule has 0 saturated heterocycles. The summed E-state index contributed by atoms with van der Waals surface area (Å²) in [6, 6.07) is 6.34. The Morgan fingerprint density at radius 1 is 1.35 bits per heavy atom. The molecule has 6 heteroatoms. The summed E-state index contributed by atoms with van der Waals surface area (Å²) in [4.78, 5) is 18.2. The summed E-state index contributed by atoms with van der Waals surface area (Å²) in [6.45, 7) is 0.481. The van der Waals surface area contributed by atoms with E-state index in [0.29, 0.717) is 12.2 Å². The van der Waals surface area contributed by atoms with Crippen molar-refractivity contribution >= 4 is 11.4 Å². The van der Waals surface area contributed by atoms with Gasteiger partial charge in [0.25, 0.3) is 5.69 Å². The molecule has 86 valence electrons. The Morgan fingerprint density at radius 2 is 2.24 bits per heavy atom. The molecule has 0 fully saturated rings. The van der Waals surface area contributed by atoms with E-state index in [-0.39, 0.29) is 5.69 Å². The second kappa shape index (κ2) is 5.02. The van der Waals surface area contributed by atoms with Crippen LogP contribution in [0.15, 0.2) is 42.9 Å². The summed E-state index contributed by atoms with van der Waals surface area (Å²) in [6.07, 6.45) is 4.84. The van der Waals surface area contributed by atoms with Gasteiger partial charge in [-0.2, -0.15) is 0 Å². The van der Waals surface area contributed by atoms with Gasteiger partial charge in [0.05, 0.1) is 23.4 Å². The van der Waals surface area contributed by atoms with Crippen molar-refractivity contribution in [2.45, 2.75) is 6.54 Å². The fourth-order valence-electron chi connectivity index (χ4n) is 1.34. The molecule has 0 atom stereocenters. The Balaban J connectivity index is 2.04. The molecule has 0 unspecified atom stereocenters. The number of hydrogen-bond donors (Lipinski definition) is 1. The Kier molecular flexibility index (Phi) is 3.25. The molecule has 6 nitrogen and oxygen atoms in total. The van der Waals surface area contributed by atoms with E-state index in [2.05, 4.69) is 15.3 Å². The molecule has 0 aliphatic carbocycles. The molecular formula is C11H10N4O2. The number of nitrogens with one attached hydrogen (secondary N) is 1. The van der Waals surface area contributed by atoms with Gasteiger partial charge in [-0.15, -0.1) is 0 Å². The second-order valence-electron chi connectivity index (χ2n) is 3.36. The lowest BCUT2D eigenvalue weighted by Gasteiger charge is -2.04. The van der Waals surface area contributed by atoms with E-state index in [0.717, 1.165) is 5.69 Å². The maximum Gasteiger partial charge on any atom is 0.271 e. The molecule has 0 amide bonds. The molecular weight excluding hydrogens is 220 g/mol. The molecule has 1 heterocycles. The standard InChI is InChI=1S/C11H10N4O2/c16-15(17)11-3-1-2-9(6-11)14-8-10-7-12-4-5-13-10/h1-7,14H,8H2. The van der Waals surface area contributed by atoms with Gasteiger partial charge in [-0.3, -0.25) is 20.1 Å². The molecule has 0 saturated carbocycles. The number of nitro benzene ring substituents is 1. The van der Waals surface area contributed by atoms with E-state index in [1.807, 2.05) is 0 Å². The molecule has 1 aromatic carbocycles. The molecule has 17 heavy (non-hydrogen) atoms. The highest BCUT2D eigenvalue weighted by molar-refractivity contribution is 5.50. The monoisotopic (exact) mass is 230 g/mol. The summed E-state index contributed by atoms with van der Waals surface area (Å²) in [5.74, 6) is 0. The SMILES string of the molecule is O=[N+]([O-])c1cccc(NCc2cnccn2)c1. The van der Waals surface area contributed by atoms with Gasteiger partial charge in [-0.25, -0.2) is 0 Å². The Morgan fingerprint density at radius 3 is 2.94 bits per heavy atom. The van der Waals surface area contributed by atoms with Crippen LogP contribution in [-0.2, 0) is 6.54 Å². The Bertz CT molecular complexity index is 516. The third-order valence-electron chi connectivity index (χ3n) is 2.15. The van der Waals surface area contributed by atoms with Crippen LogP contribution in [0.2, 0.25) is 0 Å². The van der Waals surface area contributed by atoms with Crippen LogP contribution >= 0.6 is 0 Å². The third kappa shape index (κ3) is 2.97. The van der Waals surface area contributed by atoms with E-state index in [4.69, 9.17) is 0 Å². The van der Waals surface area contributed by atoms with Crippen LogP contribution in [0.3, 0.4) is 0 Å². The highest BCUT2D eigenvalue weighted by atomic mass is 16.6. The first-order valence-electron chi connectivity index (χ1n) is 4.99. The minimum Gasteiger partial charge on any atom is -0.379 e. The molecule has 1 N–H and O–H groups in total. The van der Waals surface area contributed by atoms with Gasteiger partial charge in [-0.1, -0.05) is 6.07 Å². The lowest BCUT2D eigenvalue weighted by atomic mass is 10.3. The van der Waals surface area contributed by atoms with E-state index in [1.165, 1.54) is 12.1 Å². The van der Waals surface area contributed by atoms with Crippen LogP contribution in [0, 0.1) is 10.1 Å². The number of nitro groups is 1. The van der Waals surface area contributed by atoms with E-state index >= 15 is 0 Å². The lowest BCUT2D eigenvalue weighted by molar-refractivity contribution is -0.384. The first-order chi connectivity index (χ1) is 8.25. The molecule has 0 radical (unpaired) electrons. The molecule has 0 bridgehead atoms. The van der Waals surface area contributed by atoms with Gasteiger partial charge in [0.1, 0.15) is 0 Å². The van der Waals surface area contributed by atoms with Crippen molar-refractivity contribution in [3.63, 3.8) is 0 Å². The third-order valence-corrected chi connectivity index (χ3v) is 2.15. The van der Waals surface area contributed by atoms with Gasteiger partial charge in [-0.05, 0) is 6.07 Å². The van der Waals surface area contributed by atoms with Crippen molar-refractivity contribution in [3.05, 3.63) is 58.7 Å². The maximum absolute atomic E-state index is 10.6. The minimum atomic E-state index is -0.423. The fourth-order valence-corrected chi connectivity index (χ4v) is 1.34. The van der Waals surface area contributed by atoms with Crippen molar-refractivity contribution in [1.29, 1.82) is 0 Å². The zero-order chi connectivity index (χ0) is 12.1. The Labute approximate surface area is 97.5 Å². The number of hydrogen-bond acceptors (Lipinski definition) is 5. The number of non-ortho nitro benzene ring substituents is 1. The van der Waals surface area contributed by atoms with E-state index < -0.39 is 4.92 Å². The molecule has 2 rings (SSSR count). The zero-order valence-electron chi connectivity index (χ0n) is 8.91. The molecule has 0 spiro atoms. The molecule has 1 aromatic heterocycles. The highest BCUT2D eigenvalue weighted by Gasteiger charge is 2.05. The van der Waals surface area contributed by atoms with E-state index in [9.17, 15) is 10.1 Å². The van der Waals surface area contributed by atoms with Crippen molar-refractivity contribution in [1.82, 2.24) is 9.97 Å². The first-order valence-corrected chi connectivity index (χ1v) is 4.99. The summed E-state index contributed by atoms with van der Waals surface area (Å²) in [5.41, 5.74) is 1.53. The van der Waals surface area contributed by atoms with Gasteiger partial charge >= 0.3 is 0 Å². The average molecular weight is 230 g/mol. The summed E-state index contributed by atoms with van der Waals surface area (Å²) < 4.78 is 0. The van der Waals surface area contributed by atoms with Gasteiger partial charge in [0.15, 0.2) is 0 Å². The highest BCUT2D eigenvalue weighted by Crippen LogP contribution is 2.17. The largest absolute Gasteiger partial charge is 0.379 e. The van der Waals surface area contributed by atoms with Crippen molar-refractivity contribution in [3.8, 4) is 0 Å². The fraction of sp³-hybridized carbons (Fsp3) is 0.0909. The molecule has 0 aliphatic heterocycles. The minimum absolute atomic E-state index is 0.0640. The number of nitrogens with zero attached hydrogens (tertiary/aromatic N) is 3. The summed E-state index contributed by atoms with van der Waals surface area (Å²) in [7, 11) is 0. The first kappa shape index (κ1) is 11.0. The zero-order valence-corrected chi connectivity index (χ0v) is 8.91. The smallest absolute Gasteiger partial charge is 0.271 e. The maximum atomic E-state index is 10.6. The summed E-state index contributed by atoms with van der Waals surface area (Å²) in [5, 5.41) is 13.6. The van der Waals surface area contributed by atoms with Crippen molar-refractivity contribution < 1.29 is 4.92 Å². The predicted octanol–water partition coefficient (Wildman–Crippen LogP) is 2.00. The lowest BCUT2D eigenvalue weighted by Crippen LogP contribution is -2.02.